The zero-order chi connectivity index (χ0) is 15.6. The molecule has 2 heterocycles. The van der Waals surface area contributed by atoms with Gasteiger partial charge in [0.05, 0.1) is 11.9 Å². The van der Waals surface area contributed by atoms with Gasteiger partial charge in [-0.05, 0) is 69.9 Å². The largest absolute Gasteiger partial charge is 0.377 e. The average Bonchev–Trinajstić information content (AvgIpc) is 3.14. The highest BCUT2D eigenvalue weighted by atomic mass is 32.2. The quantitative estimate of drug-likeness (QED) is 0.768. The summed E-state index contributed by atoms with van der Waals surface area (Å²) in [6.07, 6.45) is 6.18. The number of nitrogens with one attached hydrogen (secondary N) is 1. The minimum atomic E-state index is -3.04. The predicted octanol–water partition coefficient (Wildman–Crippen LogP) is 1.45. The van der Waals surface area contributed by atoms with Crippen LogP contribution in [0.25, 0.3) is 0 Å². The number of nitrogens with zero attached hydrogens (tertiary/aromatic N) is 1. The van der Waals surface area contributed by atoms with Crippen molar-refractivity contribution >= 4 is 10.0 Å². The third-order valence-electron chi connectivity index (χ3n) is 5.67. The van der Waals surface area contributed by atoms with Crippen LogP contribution in [0.4, 0.5) is 0 Å². The van der Waals surface area contributed by atoms with Crippen molar-refractivity contribution in [3.8, 4) is 0 Å². The van der Waals surface area contributed by atoms with Crippen LogP contribution in [0.3, 0.4) is 0 Å². The Morgan fingerprint density at radius 1 is 1.23 bits per heavy atom. The molecule has 3 atom stereocenters. The van der Waals surface area contributed by atoms with E-state index in [0.29, 0.717) is 13.1 Å². The summed E-state index contributed by atoms with van der Waals surface area (Å²) in [5.74, 6) is 2.92. The molecule has 1 unspecified atom stereocenters. The molecule has 0 amide bonds. The summed E-state index contributed by atoms with van der Waals surface area (Å²) in [4.78, 5) is 0. The van der Waals surface area contributed by atoms with Crippen LogP contribution in [0, 0.1) is 17.8 Å². The molecule has 128 valence electrons. The fourth-order valence-corrected chi connectivity index (χ4v) is 5.25. The first-order valence-electron chi connectivity index (χ1n) is 8.90. The third-order valence-corrected chi connectivity index (χ3v) is 7.52. The second-order valence-electron chi connectivity index (χ2n) is 7.08. The van der Waals surface area contributed by atoms with E-state index in [0.717, 1.165) is 37.2 Å². The summed E-state index contributed by atoms with van der Waals surface area (Å²) in [6, 6.07) is 0. The summed E-state index contributed by atoms with van der Waals surface area (Å²) in [5, 5.41) is 3.44. The van der Waals surface area contributed by atoms with E-state index in [4.69, 9.17) is 4.74 Å². The third kappa shape index (κ3) is 4.02. The molecule has 2 aliphatic heterocycles. The second kappa shape index (κ2) is 7.16. The topological polar surface area (TPSA) is 58.6 Å². The maximum Gasteiger partial charge on any atom is 0.213 e. The van der Waals surface area contributed by atoms with Crippen molar-refractivity contribution in [2.24, 2.45) is 17.8 Å². The zero-order valence-corrected chi connectivity index (χ0v) is 14.5. The Morgan fingerprint density at radius 2 is 2.00 bits per heavy atom. The smallest absolute Gasteiger partial charge is 0.213 e. The van der Waals surface area contributed by atoms with Gasteiger partial charge in [0.2, 0.25) is 10.0 Å². The van der Waals surface area contributed by atoms with E-state index in [-0.39, 0.29) is 11.9 Å². The highest BCUT2D eigenvalue weighted by molar-refractivity contribution is 7.89. The van der Waals surface area contributed by atoms with Gasteiger partial charge in [-0.3, -0.25) is 0 Å². The Morgan fingerprint density at radius 3 is 2.73 bits per heavy atom. The summed E-state index contributed by atoms with van der Waals surface area (Å²) in [7, 11) is -3.04. The second-order valence-corrected chi connectivity index (χ2v) is 9.33. The molecule has 1 saturated carbocycles. The van der Waals surface area contributed by atoms with Crippen molar-refractivity contribution in [2.45, 2.75) is 45.1 Å². The number of sulfonamides is 1. The molecule has 0 spiro atoms. The number of ether oxygens (including phenoxy) is 1. The molecule has 1 N–H and O–H groups in total. The molecule has 6 heteroatoms. The van der Waals surface area contributed by atoms with Gasteiger partial charge in [0, 0.05) is 19.7 Å². The Kier molecular flexibility index (Phi) is 5.43. The molecular weight excluding hydrogens is 300 g/mol. The van der Waals surface area contributed by atoms with Gasteiger partial charge in [-0.2, -0.15) is 4.31 Å². The monoisotopic (exact) mass is 330 g/mol. The summed E-state index contributed by atoms with van der Waals surface area (Å²) in [5.41, 5.74) is 0. The van der Waals surface area contributed by atoms with Gasteiger partial charge in [0.1, 0.15) is 0 Å². The lowest BCUT2D eigenvalue weighted by molar-refractivity contribution is 0.0581. The molecular formula is C16H30N2O3S. The molecule has 1 aliphatic carbocycles. The van der Waals surface area contributed by atoms with E-state index in [1.54, 1.807) is 11.2 Å². The van der Waals surface area contributed by atoms with Gasteiger partial charge in [-0.1, -0.05) is 0 Å². The predicted molar refractivity (Wildman–Crippen MR) is 87.2 cm³/mol. The molecule has 0 bridgehead atoms. The van der Waals surface area contributed by atoms with Crippen molar-refractivity contribution in [3.63, 3.8) is 0 Å². The van der Waals surface area contributed by atoms with E-state index in [1.807, 2.05) is 0 Å². The van der Waals surface area contributed by atoms with Crippen molar-refractivity contribution in [1.82, 2.24) is 9.62 Å². The first-order chi connectivity index (χ1) is 10.6. The van der Waals surface area contributed by atoms with Crippen LogP contribution in [-0.4, -0.2) is 57.4 Å². The molecule has 2 saturated heterocycles. The van der Waals surface area contributed by atoms with Crippen molar-refractivity contribution in [1.29, 1.82) is 0 Å². The van der Waals surface area contributed by atoms with Gasteiger partial charge >= 0.3 is 0 Å². The highest BCUT2D eigenvalue weighted by Crippen LogP contribution is 2.49. The summed E-state index contributed by atoms with van der Waals surface area (Å²) >= 11 is 0. The molecule has 3 fully saturated rings. The Labute approximate surface area is 134 Å². The highest BCUT2D eigenvalue weighted by Gasteiger charge is 2.42. The Balaban J connectivity index is 1.32. The van der Waals surface area contributed by atoms with E-state index in [9.17, 15) is 8.42 Å². The van der Waals surface area contributed by atoms with Crippen LogP contribution in [0.5, 0.6) is 0 Å². The lowest BCUT2D eigenvalue weighted by atomic mass is 9.91. The van der Waals surface area contributed by atoms with Gasteiger partial charge < -0.3 is 10.1 Å². The van der Waals surface area contributed by atoms with E-state index >= 15 is 0 Å². The molecule has 3 rings (SSSR count). The Hall–Kier alpha value is -0.170. The lowest BCUT2D eigenvalue weighted by Gasteiger charge is -2.22. The first kappa shape index (κ1) is 16.7. The number of rotatable bonds is 7. The maximum absolute atomic E-state index is 11.8. The fourth-order valence-electron chi connectivity index (χ4n) is 4.11. The summed E-state index contributed by atoms with van der Waals surface area (Å²) in [6.45, 7) is 6.07. The molecule has 3 aliphatic rings. The van der Waals surface area contributed by atoms with E-state index < -0.39 is 10.0 Å². The molecule has 0 aromatic carbocycles. The Bertz CT molecular complexity index is 462. The van der Waals surface area contributed by atoms with Gasteiger partial charge in [0.15, 0.2) is 0 Å². The van der Waals surface area contributed by atoms with Crippen LogP contribution >= 0.6 is 0 Å². The van der Waals surface area contributed by atoms with Crippen molar-refractivity contribution < 1.29 is 13.2 Å². The van der Waals surface area contributed by atoms with Crippen LogP contribution in [0.1, 0.15) is 39.0 Å². The van der Waals surface area contributed by atoms with Gasteiger partial charge in [-0.25, -0.2) is 8.42 Å². The number of piperidine rings is 1. The van der Waals surface area contributed by atoms with Crippen molar-refractivity contribution in [3.05, 3.63) is 0 Å². The van der Waals surface area contributed by atoms with Crippen LogP contribution < -0.4 is 5.32 Å². The minimum absolute atomic E-state index is 0.109. The normalized spacial score (nSPS) is 34.1. The van der Waals surface area contributed by atoms with Crippen LogP contribution in [0.15, 0.2) is 0 Å². The summed E-state index contributed by atoms with van der Waals surface area (Å²) < 4.78 is 31.2. The van der Waals surface area contributed by atoms with E-state index in [2.05, 4.69) is 5.32 Å². The van der Waals surface area contributed by atoms with Crippen molar-refractivity contribution in [2.75, 3.05) is 38.5 Å². The molecule has 0 aromatic heterocycles. The number of hydrogen-bond acceptors (Lipinski definition) is 4. The standard InChI is InChI=1S/C16H30N2O3S/c1-2-22(19,20)18-9-5-15(12-18)21-10-6-14-11-16(14)13-3-7-17-8-4-13/h13-17H,2-12H2,1H3/t14-,15?,16-/m1/s1. The van der Waals surface area contributed by atoms with Crippen LogP contribution in [-0.2, 0) is 14.8 Å². The first-order valence-corrected chi connectivity index (χ1v) is 10.5. The van der Waals surface area contributed by atoms with Gasteiger partial charge in [0.25, 0.3) is 0 Å². The maximum atomic E-state index is 11.8. The van der Waals surface area contributed by atoms with Crippen LogP contribution in [0.2, 0.25) is 0 Å². The molecule has 0 aromatic rings. The van der Waals surface area contributed by atoms with E-state index in [1.165, 1.54) is 32.4 Å². The SMILES string of the molecule is CCS(=O)(=O)N1CCC(OCC[C@@H]2C[C@@H]2C2CCNCC2)C1. The number of hydrogen-bond donors (Lipinski definition) is 1. The molecule has 0 radical (unpaired) electrons. The van der Waals surface area contributed by atoms with Gasteiger partial charge in [-0.15, -0.1) is 0 Å². The fraction of sp³-hybridized carbons (Fsp3) is 1.00. The zero-order valence-electron chi connectivity index (χ0n) is 13.7. The minimum Gasteiger partial charge on any atom is -0.377 e. The molecule has 22 heavy (non-hydrogen) atoms. The lowest BCUT2D eigenvalue weighted by Crippen LogP contribution is -2.31. The molecule has 5 nitrogen and oxygen atoms in total. The average molecular weight is 330 g/mol.